The summed E-state index contributed by atoms with van der Waals surface area (Å²) in [6, 6.07) is 0. The monoisotopic (exact) mass is 297 g/mol. The lowest BCUT2D eigenvalue weighted by Crippen LogP contribution is -2.51. The van der Waals surface area contributed by atoms with E-state index in [-0.39, 0.29) is 5.54 Å². The van der Waals surface area contributed by atoms with Crippen LogP contribution in [0.2, 0.25) is 0 Å². The third-order valence-corrected chi connectivity index (χ3v) is 6.91. The van der Waals surface area contributed by atoms with E-state index < -0.39 is 0 Å². The Morgan fingerprint density at radius 3 is 2.68 bits per heavy atom. The molecule has 0 saturated heterocycles. The molecule has 3 aliphatic carbocycles. The minimum atomic E-state index is -0.111. The van der Waals surface area contributed by atoms with Crippen LogP contribution in [0.5, 0.6) is 0 Å². The molecule has 0 unspecified atom stereocenters. The van der Waals surface area contributed by atoms with Gasteiger partial charge in [-0.1, -0.05) is 29.7 Å². The Morgan fingerprint density at radius 2 is 2.05 bits per heavy atom. The summed E-state index contributed by atoms with van der Waals surface area (Å²) in [5.74, 6) is 3.55. The maximum atomic E-state index is 7.78. The molecule has 2 saturated carbocycles. The van der Waals surface area contributed by atoms with Crippen molar-refractivity contribution >= 4 is 0 Å². The molecule has 0 aliphatic heterocycles. The maximum absolute atomic E-state index is 7.78. The lowest BCUT2D eigenvalue weighted by molar-refractivity contribution is 0.0400. The normalized spacial score (nSPS) is 44.1. The molecule has 0 amide bonds. The van der Waals surface area contributed by atoms with Gasteiger partial charge >= 0.3 is 0 Å². The zero-order valence-electron chi connectivity index (χ0n) is 14.9. The van der Waals surface area contributed by atoms with Crippen LogP contribution in [-0.4, -0.2) is 5.54 Å². The molecule has 0 spiro atoms. The molecule has 3 rings (SSSR count). The van der Waals surface area contributed by atoms with Crippen molar-refractivity contribution in [1.29, 1.82) is 0 Å². The summed E-state index contributed by atoms with van der Waals surface area (Å²) in [5, 5.41) is 0. The van der Waals surface area contributed by atoms with Gasteiger partial charge < -0.3 is 4.85 Å². The predicted molar refractivity (Wildman–Crippen MR) is 93.3 cm³/mol. The Kier molecular flexibility index (Phi) is 4.00. The zero-order chi connectivity index (χ0) is 16.1. The number of nitrogens with zero attached hydrogens (tertiary/aromatic N) is 1. The first-order valence-electron chi connectivity index (χ1n) is 9.10. The van der Waals surface area contributed by atoms with Crippen molar-refractivity contribution in [3.05, 3.63) is 34.2 Å². The van der Waals surface area contributed by atoms with E-state index in [2.05, 4.69) is 45.5 Å². The van der Waals surface area contributed by atoms with Crippen LogP contribution in [-0.2, 0) is 0 Å². The molecule has 120 valence electrons. The van der Waals surface area contributed by atoms with Crippen molar-refractivity contribution in [2.45, 2.75) is 72.3 Å². The van der Waals surface area contributed by atoms with Gasteiger partial charge in [0, 0.05) is 19.3 Å². The third kappa shape index (κ3) is 2.36. The average Bonchev–Trinajstić information content (AvgIpc) is 2.45. The molecule has 1 heteroatoms. The maximum Gasteiger partial charge on any atom is 0.233 e. The van der Waals surface area contributed by atoms with E-state index >= 15 is 0 Å². The fraction of sp³-hybridized carbons (Fsp3) is 0.762. The summed E-state index contributed by atoms with van der Waals surface area (Å²) in [6.45, 7) is 19.3. The molecule has 22 heavy (non-hydrogen) atoms. The van der Waals surface area contributed by atoms with E-state index in [0.717, 1.165) is 18.3 Å². The highest BCUT2D eigenvalue weighted by molar-refractivity contribution is 5.33. The Morgan fingerprint density at radius 1 is 1.32 bits per heavy atom. The highest BCUT2D eigenvalue weighted by atomic mass is 14.8. The first kappa shape index (κ1) is 15.9. The minimum absolute atomic E-state index is 0.111. The van der Waals surface area contributed by atoms with E-state index in [4.69, 9.17) is 6.57 Å². The standard InChI is InChI=1S/C21H31N/c1-13(2)11-16-12-15(4)17-9-10-21(5,22-6)18-8-7-14(3)19(16)20(17)18/h11,15-18,20H,7-10,12H2,1-5H3/t15-,16+,17+,18-,20+,21-/m0/s1. The van der Waals surface area contributed by atoms with Crippen LogP contribution >= 0.6 is 0 Å². The summed E-state index contributed by atoms with van der Waals surface area (Å²) in [6.07, 6.45) is 8.67. The fourth-order valence-electron chi connectivity index (χ4n) is 5.85. The Balaban J connectivity index is 2.08. The van der Waals surface area contributed by atoms with Crippen molar-refractivity contribution in [2.75, 3.05) is 0 Å². The first-order chi connectivity index (χ1) is 10.4. The minimum Gasteiger partial charge on any atom is -0.310 e. The van der Waals surface area contributed by atoms with E-state index in [0.29, 0.717) is 17.8 Å². The number of rotatable bonds is 1. The van der Waals surface area contributed by atoms with Gasteiger partial charge in [-0.3, -0.25) is 0 Å². The van der Waals surface area contributed by atoms with E-state index in [1.807, 2.05) is 0 Å². The van der Waals surface area contributed by atoms with Crippen LogP contribution < -0.4 is 0 Å². The van der Waals surface area contributed by atoms with Crippen LogP contribution in [0, 0.1) is 36.2 Å². The molecule has 0 aromatic heterocycles. The second-order valence-corrected chi connectivity index (χ2v) is 8.64. The molecule has 0 radical (unpaired) electrons. The van der Waals surface area contributed by atoms with Gasteiger partial charge in [0.25, 0.3) is 0 Å². The molecule has 3 aliphatic rings. The van der Waals surface area contributed by atoms with Crippen LogP contribution in [0.1, 0.15) is 66.7 Å². The Hall–Kier alpha value is -1.03. The second kappa shape index (κ2) is 5.55. The van der Waals surface area contributed by atoms with E-state index in [1.54, 1.807) is 11.1 Å². The highest BCUT2D eigenvalue weighted by Crippen LogP contribution is 2.59. The number of hydrogen-bond acceptors (Lipinski definition) is 0. The van der Waals surface area contributed by atoms with Crippen molar-refractivity contribution in [2.24, 2.45) is 29.6 Å². The molecule has 2 fully saturated rings. The fourth-order valence-corrected chi connectivity index (χ4v) is 5.85. The Bertz CT molecular complexity index is 557. The van der Waals surface area contributed by atoms with Gasteiger partial charge in [-0.25, -0.2) is 6.57 Å². The van der Waals surface area contributed by atoms with Gasteiger partial charge in [0.05, 0.1) is 0 Å². The molecule has 0 N–H and O–H groups in total. The summed E-state index contributed by atoms with van der Waals surface area (Å²) in [5.41, 5.74) is 4.73. The molecule has 0 aromatic carbocycles. The third-order valence-electron chi connectivity index (χ3n) is 6.91. The summed E-state index contributed by atoms with van der Waals surface area (Å²) in [4.78, 5) is 4.14. The summed E-state index contributed by atoms with van der Waals surface area (Å²) >= 11 is 0. The van der Waals surface area contributed by atoms with Crippen molar-refractivity contribution in [3.8, 4) is 0 Å². The molecule has 0 heterocycles. The molecular weight excluding hydrogens is 266 g/mol. The largest absolute Gasteiger partial charge is 0.310 e. The predicted octanol–water partition coefficient (Wildman–Crippen LogP) is 6.04. The van der Waals surface area contributed by atoms with Gasteiger partial charge in [0.15, 0.2) is 0 Å². The highest BCUT2D eigenvalue weighted by Gasteiger charge is 2.56. The van der Waals surface area contributed by atoms with Crippen molar-refractivity contribution in [1.82, 2.24) is 0 Å². The van der Waals surface area contributed by atoms with Crippen molar-refractivity contribution < 1.29 is 0 Å². The lowest BCUT2D eigenvalue weighted by Gasteiger charge is -2.54. The topological polar surface area (TPSA) is 4.36 Å². The smallest absolute Gasteiger partial charge is 0.233 e. The first-order valence-corrected chi connectivity index (χ1v) is 9.10. The van der Waals surface area contributed by atoms with E-state index in [9.17, 15) is 0 Å². The zero-order valence-corrected chi connectivity index (χ0v) is 14.9. The number of hydrogen-bond donors (Lipinski definition) is 0. The average molecular weight is 297 g/mol. The number of allylic oxidation sites excluding steroid dienone is 4. The van der Waals surface area contributed by atoms with Gasteiger partial charge in [-0.15, -0.1) is 0 Å². The van der Waals surface area contributed by atoms with Crippen LogP contribution in [0.15, 0.2) is 22.8 Å². The van der Waals surface area contributed by atoms with Crippen LogP contribution in [0.25, 0.3) is 4.85 Å². The van der Waals surface area contributed by atoms with Gasteiger partial charge in [0.1, 0.15) is 0 Å². The van der Waals surface area contributed by atoms with Gasteiger partial charge in [0.2, 0.25) is 5.54 Å². The van der Waals surface area contributed by atoms with Crippen LogP contribution in [0.3, 0.4) is 0 Å². The second-order valence-electron chi connectivity index (χ2n) is 8.64. The Labute approximate surface area is 136 Å². The molecule has 0 bridgehead atoms. The van der Waals surface area contributed by atoms with E-state index in [1.165, 1.54) is 31.3 Å². The summed E-state index contributed by atoms with van der Waals surface area (Å²) < 4.78 is 0. The van der Waals surface area contributed by atoms with Crippen molar-refractivity contribution in [3.63, 3.8) is 0 Å². The summed E-state index contributed by atoms with van der Waals surface area (Å²) in [7, 11) is 0. The SMILES string of the molecule is [C-]#[N+][C@@]1(C)CC[C@H]2[C@H]3C(=C(C)CC[C@@H]31)[C@H](C=C(C)C)C[C@@H]2C. The van der Waals surface area contributed by atoms with Crippen LogP contribution in [0.4, 0.5) is 0 Å². The molecular formula is C21H31N. The molecule has 6 atom stereocenters. The molecule has 1 nitrogen and oxygen atoms in total. The van der Waals surface area contributed by atoms with Gasteiger partial charge in [-0.2, -0.15) is 0 Å². The quantitative estimate of drug-likeness (QED) is 0.410. The lowest BCUT2D eigenvalue weighted by atomic mass is 9.49. The molecule has 0 aromatic rings. The van der Waals surface area contributed by atoms with Gasteiger partial charge in [-0.05, 0) is 70.1 Å².